The summed E-state index contributed by atoms with van der Waals surface area (Å²) in [5, 5.41) is 2.62. The van der Waals surface area contributed by atoms with Crippen molar-refractivity contribution in [2.45, 2.75) is 52.6 Å². The van der Waals surface area contributed by atoms with Gasteiger partial charge in [-0.2, -0.15) is 17.6 Å². The number of hydrogen-bond acceptors (Lipinski definition) is 6. The molecule has 0 unspecified atom stereocenters. The Morgan fingerprint density at radius 1 is 1.14 bits per heavy atom. The molecule has 7 nitrogen and oxygen atoms in total. The summed E-state index contributed by atoms with van der Waals surface area (Å²) in [4.78, 5) is 32.2. The van der Waals surface area contributed by atoms with E-state index < -0.39 is 29.5 Å². The van der Waals surface area contributed by atoms with E-state index in [-0.39, 0.29) is 55.3 Å². The summed E-state index contributed by atoms with van der Waals surface area (Å²) in [7, 11) is 0. The minimum absolute atomic E-state index is 0. The number of anilines is 1. The number of rotatable bonds is 8. The smallest absolute Gasteiger partial charge is 0.418 e. The Bertz CT molecular complexity index is 1440. The van der Waals surface area contributed by atoms with Gasteiger partial charge in [-0.05, 0) is 62.6 Å². The fourth-order valence-corrected chi connectivity index (χ4v) is 4.26. The maximum Gasteiger partial charge on any atom is 0.418 e. The Hall–Kier alpha value is -4.00. The molecule has 1 fully saturated rings. The number of ketones is 1. The topological polar surface area (TPSA) is 84.4 Å². The van der Waals surface area contributed by atoms with Gasteiger partial charge in [0.1, 0.15) is 11.3 Å². The van der Waals surface area contributed by atoms with Crippen LogP contribution in [0.4, 0.5) is 32.0 Å². The summed E-state index contributed by atoms with van der Waals surface area (Å²) in [6, 6.07) is 9.35. The molecular formula is C29H32F6N4O3. The monoisotopic (exact) mass is 598 g/mol. The summed E-state index contributed by atoms with van der Waals surface area (Å²) < 4.78 is 83.4. The molecule has 0 atom stereocenters. The number of nitrogens with one attached hydrogen (secondary N) is 1. The van der Waals surface area contributed by atoms with E-state index in [4.69, 9.17) is 4.74 Å². The van der Waals surface area contributed by atoms with Crippen LogP contribution < -0.4 is 10.1 Å². The molecule has 4 rings (SSSR count). The fraction of sp³-hybridized carbons (Fsp3) is 0.379. The molecule has 0 saturated carbocycles. The zero-order chi connectivity index (χ0) is 31.2. The number of amides is 1. The number of likely N-dealkylation sites (tertiary alicyclic amines) is 1. The molecule has 228 valence electrons. The SMILES string of the molecule is CC(=O)CN1CC(F)(F)C1.CCCc1cccc(NC(=O)c2c(Oc3ccc(F)nc3C)ncc(C(F)(F)F)c2C)c1.[HH]. The van der Waals surface area contributed by atoms with Gasteiger partial charge < -0.3 is 10.1 Å². The van der Waals surface area contributed by atoms with Gasteiger partial charge in [0.2, 0.25) is 11.8 Å². The van der Waals surface area contributed by atoms with Crippen molar-refractivity contribution in [2.24, 2.45) is 0 Å². The number of benzene rings is 1. The molecule has 1 saturated heterocycles. The standard InChI is InChI=1S/C23H21F4N3O2.C6H9F2NO.H2/c1-4-6-15-7-5-8-16(11-15)30-21(31)20-13(2)17(23(25,26)27)12-28-22(20)32-18-9-10-19(24)29-14(18)3;1-5(10)2-9-3-6(7,8)4-9;/h5,7-12H,4,6H2,1-3H3,(H,30,31);2-4H2,1H3;1H. The molecular weight excluding hydrogens is 566 g/mol. The Morgan fingerprint density at radius 2 is 1.83 bits per heavy atom. The lowest BCUT2D eigenvalue weighted by Crippen LogP contribution is -2.57. The van der Waals surface area contributed by atoms with Crippen LogP contribution in [-0.2, 0) is 17.4 Å². The number of hydrogen-bond donors (Lipinski definition) is 1. The molecule has 0 spiro atoms. The maximum atomic E-state index is 13.5. The molecule has 1 aliphatic rings. The van der Waals surface area contributed by atoms with Gasteiger partial charge in [0.25, 0.3) is 11.8 Å². The summed E-state index contributed by atoms with van der Waals surface area (Å²) in [6.45, 7) is 5.70. The van der Waals surface area contributed by atoms with Crippen LogP contribution >= 0.6 is 0 Å². The van der Waals surface area contributed by atoms with E-state index in [1.165, 1.54) is 31.7 Å². The van der Waals surface area contributed by atoms with E-state index in [1.54, 1.807) is 18.2 Å². The molecule has 3 heterocycles. The Kier molecular flexibility index (Phi) is 10.3. The van der Waals surface area contributed by atoms with Crippen LogP contribution in [-0.4, -0.2) is 52.1 Å². The summed E-state index contributed by atoms with van der Waals surface area (Å²) in [5.74, 6) is -4.43. The summed E-state index contributed by atoms with van der Waals surface area (Å²) in [6.07, 6.45) is -2.41. The van der Waals surface area contributed by atoms with Gasteiger partial charge in [0, 0.05) is 13.3 Å². The van der Waals surface area contributed by atoms with Gasteiger partial charge >= 0.3 is 6.18 Å². The molecule has 1 N–H and O–H groups in total. The van der Waals surface area contributed by atoms with Crippen molar-refractivity contribution in [3.05, 3.63) is 76.5 Å². The molecule has 0 aliphatic carbocycles. The minimum Gasteiger partial charge on any atom is -0.436 e. The van der Waals surface area contributed by atoms with Gasteiger partial charge in [0.05, 0.1) is 30.9 Å². The molecule has 3 aromatic rings. The van der Waals surface area contributed by atoms with Crippen LogP contribution in [0.5, 0.6) is 11.6 Å². The lowest BCUT2D eigenvalue weighted by molar-refractivity contribution is -0.141. The number of nitrogens with zero attached hydrogens (tertiary/aromatic N) is 3. The van der Waals surface area contributed by atoms with Crippen LogP contribution in [0.2, 0.25) is 0 Å². The zero-order valence-electron chi connectivity index (χ0n) is 23.4. The largest absolute Gasteiger partial charge is 0.436 e. The van der Waals surface area contributed by atoms with Gasteiger partial charge in [0.15, 0.2) is 5.75 Å². The third-order valence-electron chi connectivity index (χ3n) is 6.13. The average molecular weight is 599 g/mol. The van der Waals surface area contributed by atoms with Gasteiger partial charge in [-0.3, -0.25) is 14.5 Å². The van der Waals surface area contributed by atoms with Crippen LogP contribution in [0.25, 0.3) is 0 Å². The van der Waals surface area contributed by atoms with Crippen molar-refractivity contribution in [1.29, 1.82) is 0 Å². The highest BCUT2D eigenvalue weighted by Crippen LogP contribution is 2.37. The number of carbonyl (C=O) groups is 2. The van der Waals surface area contributed by atoms with Crippen molar-refractivity contribution < 1.29 is 42.1 Å². The van der Waals surface area contributed by atoms with Gasteiger partial charge in [-0.25, -0.2) is 18.7 Å². The predicted octanol–water partition coefficient (Wildman–Crippen LogP) is 7.02. The quantitative estimate of drug-likeness (QED) is 0.222. The van der Waals surface area contributed by atoms with Crippen LogP contribution in [0.1, 0.15) is 54.4 Å². The van der Waals surface area contributed by atoms with Crippen molar-refractivity contribution in [2.75, 3.05) is 25.0 Å². The fourth-order valence-electron chi connectivity index (χ4n) is 4.26. The third kappa shape index (κ3) is 8.75. The first-order chi connectivity index (χ1) is 19.6. The van der Waals surface area contributed by atoms with Crippen molar-refractivity contribution in [3.63, 3.8) is 0 Å². The molecule has 42 heavy (non-hydrogen) atoms. The summed E-state index contributed by atoms with van der Waals surface area (Å²) >= 11 is 0. The highest BCUT2D eigenvalue weighted by atomic mass is 19.4. The molecule has 0 radical (unpaired) electrons. The van der Waals surface area contributed by atoms with E-state index in [2.05, 4.69) is 15.3 Å². The third-order valence-corrected chi connectivity index (χ3v) is 6.13. The summed E-state index contributed by atoms with van der Waals surface area (Å²) in [5.41, 5.74) is -0.189. The molecule has 1 amide bonds. The van der Waals surface area contributed by atoms with E-state index in [1.807, 2.05) is 13.0 Å². The van der Waals surface area contributed by atoms with Crippen molar-refractivity contribution in [3.8, 4) is 11.6 Å². The highest BCUT2D eigenvalue weighted by Gasteiger charge is 2.43. The molecule has 13 heteroatoms. The number of ether oxygens (including phenoxy) is 1. The first-order valence-corrected chi connectivity index (χ1v) is 13.0. The lowest BCUT2D eigenvalue weighted by atomic mass is 10.0. The highest BCUT2D eigenvalue weighted by molar-refractivity contribution is 6.07. The Labute approximate surface area is 240 Å². The predicted molar refractivity (Wildman–Crippen MR) is 146 cm³/mol. The molecule has 1 aliphatic heterocycles. The zero-order valence-corrected chi connectivity index (χ0v) is 23.4. The first kappa shape index (κ1) is 32.5. The van der Waals surface area contributed by atoms with Crippen molar-refractivity contribution in [1.82, 2.24) is 14.9 Å². The number of aromatic nitrogens is 2. The number of pyridine rings is 2. The minimum atomic E-state index is -4.71. The number of aryl methyl sites for hydroxylation is 2. The Balaban J connectivity index is 0.000000498. The van der Waals surface area contributed by atoms with E-state index in [9.17, 15) is 35.9 Å². The lowest BCUT2D eigenvalue weighted by Gasteiger charge is -2.37. The first-order valence-electron chi connectivity index (χ1n) is 13.0. The van der Waals surface area contributed by atoms with E-state index in [0.29, 0.717) is 11.9 Å². The Morgan fingerprint density at radius 3 is 2.40 bits per heavy atom. The number of Topliss-reactive ketones (excluding diaryl/α,β-unsaturated/α-hetero) is 1. The van der Waals surface area contributed by atoms with Crippen LogP contribution in [0.3, 0.4) is 0 Å². The van der Waals surface area contributed by atoms with Crippen LogP contribution in [0, 0.1) is 19.8 Å². The molecule has 1 aromatic carbocycles. The normalized spacial score (nSPS) is 14.3. The van der Waals surface area contributed by atoms with Crippen molar-refractivity contribution >= 4 is 17.4 Å². The van der Waals surface area contributed by atoms with Gasteiger partial charge in [-0.15, -0.1) is 0 Å². The van der Waals surface area contributed by atoms with Crippen LogP contribution in [0.15, 0.2) is 42.6 Å². The van der Waals surface area contributed by atoms with Gasteiger partial charge in [-0.1, -0.05) is 25.5 Å². The molecule has 0 bridgehead atoms. The second-order valence-corrected chi connectivity index (χ2v) is 9.90. The maximum absolute atomic E-state index is 13.5. The second-order valence-electron chi connectivity index (χ2n) is 9.90. The number of halogens is 6. The number of alkyl halides is 5. The average Bonchev–Trinajstić information content (AvgIpc) is 2.84. The van der Waals surface area contributed by atoms with E-state index >= 15 is 0 Å². The van der Waals surface area contributed by atoms with E-state index in [0.717, 1.165) is 24.5 Å². The number of carbonyl (C=O) groups excluding carboxylic acids is 2. The second kappa shape index (κ2) is 13.3. The molecule has 2 aromatic heterocycles.